The van der Waals surface area contributed by atoms with Gasteiger partial charge in [0.2, 0.25) is 5.78 Å². The topological polar surface area (TPSA) is 122 Å². The zero-order chi connectivity index (χ0) is 26.2. The predicted molar refractivity (Wildman–Crippen MR) is 128 cm³/mol. The molecule has 2 aliphatic rings. The summed E-state index contributed by atoms with van der Waals surface area (Å²) in [5, 5.41) is 0. The lowest BCUT2D eigenvalue weighted by molar-refractivity contribution is -0.144. The zero-order valence-electron chi connectivity index (χ0n) is 20.6. The lowest BCUT2D eigenvalue weighted by Gasteiger charge is -2.40. The van der Waals surface area contributed by atoms with E-state index in [1.807, 2.05) is 6.92 Å². The number of ether oxygens (including phenoxy) is 2. The van der Waals surface area contributed by atoms with Crippen LogP contribution in [0.3, 0.4) is 0 Å². The predicted octanol–water partition coefficient (Wildman–Crippen LogP) is 3.52. The number of aryl methyl sites for hydroxylation is 1. The maximum absolute atomic E-state index is 13.6. The SMILES string of the molecule is COC1=C(C)C(OS(=O)(=O)c2ccc(C)cc2)=CC2(OCC(C)=C(OS(C)(=O)=O)CCC2C)C1=O. The number of ketones is 1. The van der Waals surface area contributed by atoms with E-state index < -0.39 is 37.5 Å². The van der Waals surface area contributed by atoms with Crippen molar-refractivity contribution in [1.29, 1.82) is 0 Å². The lowest BCUT2D eigenvalue weighted by atomic mass is 9.76. The summed E-state index contributed by atoms with van der Waals surface area (Å²) >= 11 is 0. The molecule has 11 heteroatoms. The summed E-state index contributed by atoms with van der Waals surface area (Å²) in [6.45, 7) is 6.67. The number of allylic oxidation sites excluding steroid dienone is 2. The van der Waals surface area contributed by atoms with Gasteiger partial charge in [-0.25, -0.2) is 0 Å². The van der Waals surface area contributed by atoms with Crippen LogP contribution in [0.15, 0.2) is 63.7 Å². The molecule has 0 fully saturated rings. The van der Waals surface area contributed by atoms with E-state index in [9.17, 15) is 21.6 Å². The van der Waals surface area contributed by atoms with Crippen LogP contribution in [0.5, 0.6) is 0 Å². The fourth-order valence-electron chi connectivity index (χ4n) is 4.03. The number of hydrogen-bond acceptors (Lipinski definition) is 9. The molecule has 0 N–H and O–H groups in total. The van der Waals surface area contributed by atoms with E-state index in [0.717, 1.165) is 11.8 Å². The van der Waals surface area contributed by atoms with Crippen molar-refractivity contribution in [2.75, 3.05) is 20.0 Å². The second kappa shape index (κ2) is 9.79. The van der Waals surface area contributed by atoms with Gasteiger partial charge in [0.15, 0.2) is 11.4 Å². The van der Waals surface area contributed by atoms with Crippen molar-refractivity contribution in [1.82, 2.24) is 0 Å². The minimum atomic E-state index is -4.21. The van der Waals surface area contributed by atoms with Crippen molar-refractivity contribution in [3.05, 3.63) is 64.3 Å². The van der Waals surface area contributed by atoms with Gasteiger partial charge in [-0.15, -0.1) is 0 Å². The van der Waals surface area contributed by atoms with E-state index in [4.69, 9.17) is 17.8 Å². The third kappa shape index (κ3) is 5.62. The van der Waals surface area contributed by atoms with E-state index in [1.54, 1.807) is 26.0 Å². The molecule has 0 saturated heterocycles. The number of carbonyl (C=O) groups is 1. The Hall–Kier alpha value is -2.63. The highest BCUT2D eigenvalue weighted by Crippen LogP contribution is 2.42. The number of hydrogen-bond donors (Lipinski definition) is 0. The fourth-order valence-corrected chi connectivity index (χ4v) is 5.59. The molecule has 192 valence electrons. The standard InChI is InChI=1S/C24H30O9S2/c1-15-7-10-19(11-8-15)35(28,29)33-21-13-24(23(25)22(30-5)18(21)4)17(3)9-12-20(16(2)14-31-24)32-34(6,26)27/h7-8,10-11,13,17H,9,12,14H2,1-6H3. The molecule has 1 aliphatic heterocycles. The van der Waals surface area contributed by atoms with Crippen LogP contribution in [0.4, 0.5) is 0 Å². The molecule has 0 radical (unpaired) electrons. The Kier molecular flexibility index (Phi) is 7.54. The van der Waals surface area contributed by atoms with Gasteiger partial charge in [0.1, 0.15) is 16.4 Å². The Labute approximate surface area is 206 Å². The molecule has 2 unspecified atom stereocenters. The van der Waals surface area contributed by atoms with Crippen molar-refractivity contribution in [2.45, 2.75) is 51.0 Å². The third-order valence-corrected chi connectivity index (χ3v) is 7.87. The van der Waals surface area contributed by atoms with Crippen molar-refractivity contribution < 1.29 is 39.5 Å². The minimum Gasteiger partial charge on any atom is -0.492 e. The summed E-state index contributed by atoms with van der Waals surface area (Å²) in [5.74, 6) is -0.837. The number of carbonyl (C=O) groups excluding carboxylic acids is 1. The molecule has 1 spiro atoms. The summed E-state index contributed by atoms with van der Waals surface area (Å²) in [6.07, 6.45) is 2.91. The van der Waals surface area contributed by atoms with Crippen molar-refractivity contribution in [3.8, 4) is 0 Å². The molecule has 1 aromatic carbocycles. The molecule has 0 saturated carbocycles. The van der Waals surface area contributed by atoms with Gasteiger partial charge in [0.05, 0.1) is 20.0 Å². The van der Waals surface area contributed by atoms with Crippen LogP contribution < -0.4 is 0 Å². The van der Waals surface area contributed by atoms with Crippen LogP contribution >= 0.6 is 0 Å². The summed E-state index contributed by atoms with van der Waals surface area (Å²) in [7, 11) is -6.62. The van der Waals surface area contributed by atoms with Crippen LogP contribution in [-0.4, -0.2) is 48.2 Å². The monoisotopic (exact) mass is 526 g/mol. The van der Waals surface area contributed by atoms with Crippen LogP contribution in [0.2, 0.25) is 0 Å². The summed E-state index contributed by atoms with van der Waals surface area (Å²) < 4.78 is 71.4. The molecule has 35 heavy (non-hydrogen) atoms. The Morgan fingerprint density at radius 3 is 2.23 bits per heavy atom. The van der Waals surface area contributed by atoms with E-state index in [-0.39, 0.29) is 40.8 Å². The Morgan fingerprint density at radius 2 is 1.66 bits per heavy atom. The second-order valence-corrected chi connectivity index (χ2v) is 12.0. The lowest BCUT2D eigenvalue weighted by Crippen LogP contribution is -2.50. The summed E-state index contributed by atoms with van der Waals surface area (Å²) in [6, 6.07) is 6.20. The van der Waals surface area contributed by atoms with E-state index in [0.29, 0.717) is 12.0 Å². The molecule has 0 bridgehead atoms. The van der Waals surface area contributed by atoms with E-state index in [1.165, 1.54) is 32.2 Å². The molecule has 1 heterocycles. The second-order valence-electron chi connectivity index (χ2n) is 8.86. The van der Waals surface area contributed by atoms with Gasteiger partial charge >= 0.3 is 20.2 Å². The highest BCUT2D eigenvalue weighted by molar-refractivity contribution is 7.87. The van der Waals surface area contributed by atoms with Gasteiger partial charge in [-0.1, -0.05) is 24.6 Å². The van der Waals surface area contributed by atoms with Gasteiger partial charge < -0.3 is 17.8 Å². The summed E-state index contributed by atoms with van der Waals surface area (Å²) in [4.78, 5) is 13.5. The smallest absolute Gasteiger partial charge is 0.339 e. The first kappa shape index (κ1) is 27.0. The van der Waals surface area contributed by atoms with Crippen LogP contribution in [-0.2, 0) is 42.9 Å². The molecule has 1 aliphatic carbocycles. The molecular weight excluding hydrogens is 496 g/mol. The largest absolute Gasteiger partial charge is 0.492 e. The molecule has 9 nitrogen and oxygen atoms in total. The average Bonchev–Trinajstić information content (AvgIpc) is 2.76. The molecule has 3 rings (SSSR count). The first-order valence-electron chi connectivity index (χ1n) is 11.0. The molecule has 0 aromatic heterocycles. The number of methoxy groups -OCH3 is 1. The highest BCUT2D eigenvalue weighted by Gasteiger charge is 2.50. The van der Waals surface area contributed by atoms with Crippen LogP contribution in [0.1, 0.15) is 39.2 Å². The van der Waals surface area contributed by atoms with Gasteiger partial charge in [-0.3, -0.25) is 4.79 Å². The van der Waals surface area contributed by atoms with Crippen LogP contribution in [0, 0.1) is 12.8 Å². The van der Waals surface area contributed by atoms with Gasteiger partial charge in [0.25, 0.3) is 0 Å². The highest BCUT2D eigenvalue weighted by atomic mass is 32.2. The van der Waals surface area contributed by atoms with Gasteiger partial charge in [0, 0.05) is 12.0 Å². The van der Waals surface area contributed by atoms with Gasteiger partial charge in [-0.05, 0) is 56.9 Å². The summed E-state index contributed by atoms with van der Waals surface area (Å²) in [5.41, 5.74) is 0.0383. The number of Topliss-reactive ketones (excluding diaryl/α,β-unsaturated/α-hetero) is 1. The van der Waals surface area contributed by atoms with E-state index in [2.05, 4.69) is 0 Å². The first-order chi connectivity index (χ1) is 16.2. The van der Waals surface area contributed by atoms with Crippen molar-refractivity contribution >= 4 is 26.0 Å². The van der Waals surface area contributed by atoms with Gasteiger partial charge in [-0.2, -0.15) is 16.8 Å². The third-order valence-electron chi connectivity index (χ3n) is 6.12. The minimum absolute atomic E-state index is 0.0327. The Balaban J connectivity index is 2.05. The van der Waals surface area contributed by atoms with E-state index >= 15 is 0 Å². The first-order valence-corrected chi connectivity index (χ1v) is 14.2. The maximum atomic E-state index is 13.6. The molecule has 0 amide bonds. The molecule has 1 aromatic rings. The van der Waals surface area contributed by atoms with Crippen molar-refractivity contribution in [3.63, 3.8) is 0 Å². The average molecular weight is 527 g/mol. The quantitative estimate of drug-likeness (QED) is 0.512. The fraction of sp³-hybridized carbons (Fsp3) is 0.458. The normalized spacial score (nSPS) is 24.1. The Morgan fingerprint density at radius 1 is 1.03 bits per heavy atom. The zero-order valence-corrected chi connectivity index (χ0v) is 22.2. The maximum Gasteiger partial charge on any atom is 0.339 e. The number of benzene rings is 1. The molecular formula is C24H30O9S2. The van der Waals surface area contributed by atoms with Crippen molar-refractivity contribution in [2.24, 2.45) is 5.92 Å². The number of rotatable bonds is 6. The Bertz CT molecular complexity index is 1320. The van der Waals surface area contributed by atoms with Crippen LogP contribution in [0.25, 0.3) is 0 Å². The molecule has 2 atom stereocenters.